The molecule has 0 radical (unpaired) electrons. The lowest BCUT2D eigenvalue weighted by Crippen LogP contribution is -2.48. The van der Waals surface area contributed by atoms with Crippen molar-refractivity contribution in [2.75, 3.05) is 0 Å². The number of aliphatic carboxylic acids is 3. The SMILES string of the molecule is O=C(O)CCC(CCC(=O)O)(CCC(=O)O)C1(O)C=CC(c2ccccc2)=CC1. The number of benzene rings is 1. The summed E-state index contributed by atoms with van der Waals surface area (Å²) in [5.74, 6) is -3.24. The zero-order chi connectivity index (χ0) is 21.5. The Labute approximate surface area is 169 Å². The van der Waals surface area contributed by atoms with E-state index in [9.17, 15) is 19.5 Å². The van der Waals surface area contributed by atoms with Gasteiger partial charge in [0.25, 0.3) is 0 Å². The molecule has 1 unspecified atom stereocenters. The second kappa shape index (κ2) is 9.52. The second-order valence-corrected chi connectivity index (χ2v) is 7.45. The molecule has 0 saturated heterocycles. The molecule has 7 nitrogen and oxygen atoms in total. The second-order valence-electron chi connectivity index (χ2n) is 7.45. The first-order valence-electron chi connectivity index (χ1n) is 9.50. The summed E-state index contributed by atoms with van der Waals surface area (Å²) in [7, 11) is 0. The van der Waals surface area contributed by atoms with E-state index < -0.39 is 28.9 Å². The van der Waals surface area contributed by atoms with E-state index in [0.29, 0.717) is 0 Å². The van der Waals surface area contributed by atoms with E-state index in [-0.39, 0.29) is 44.9 Å². The zero-order valence-corrected chi connectivity index (χ0v) is 16.1. The molecular weight excluding hydrogens is 376 g/mol. The number of allylic oxidation sites excluding steroid dienone is 2. The summed E-state index contributed by atoms with van der Waals surface area (Å²) in [5.41, 5.74) is -0.875. The summed E-state index contributed by atoms with van der Waals surface area (Å²) in [6.07, 6.45) is 4.37. The van der Waals surface area contributed by atoms with Gasteiger partial charge in [0.15, 0.2) is 0 Å². The van der Waals surface area contributed by atoms with E-state index in [1.807, 2.05) is 36.4 Å². The Hall–Kier alpha value is -2.93. The van der Waals surface area contributed by atoms with Crippen LogP contribution in [-0.4, -0.2) is 43.9 Å². The molecule has 0 bridgehead atoms. The summed E-state index contributed by atoms with van der Waals surface area (Å²) >= 11 is 0. The van der Waals surface area contributed by atoms with E-state index in [1.165, 1.54) is 0 Å². The largest absolute Gasteiger partial charge is 0.481 e. The average Bonchev–Trinajstić information content (AvgIpc) is 2.68. The van der Waals surface area contributed by atoms with E-state index >= 15 is 0 Å². The molecule has 1 aromatic carbocycles. The van der Waals surface area contributed by atoms with Gasteiger partial charge in [0, 0.05) is 24.7 Å². The molecule has 156 valence electrons. The Bertz CT molecular complexity index is 764. The van der Waals surface area contributed by atoms with Gasteiger partial charge in [0.05, 0.1) is 5.60 Å². The summed E-state index contributed by atoms with van der Waals surface area (Å²) in [6, 6.07) is 9.52. The molecule has 0 amide bonds. The molecule has 1 atom stereocenters. The highest BCUT2D eigenvalue weighted by Gasteiger charge is 2.48. The minimum atomic E-state index is -1.54. The molecule has 7 heteroatoms. The maximum atomic E-state index is 11.5. The van der Waals surface area contributed by atoms with Crippen LogP contribution in [0.25, 0.3) is 5.57 Å². The Balaban J connectivity index is 2.37. The first-order valence-corrected chi connectivity index (χ1v) is 9.50. The van der Waals surface area contributed by atoms with Gasteiger partial charge in [0.2, 0.25) is 0 Å². The lowest BCUT2D eigenvalue weighted by Gasteiger charge is -2.47. The third kappa shape index (κ3) is 5.77. The van der Waals surface area contributed by atoms with Crippen molar-refractivity contribution in [1.82, 2.24) is 0 Å². The van der Waals surface area contributed by atoms with Crippen molar-refractivity contribution < 1.29 is 34.8 Å². The maximum absolute atomic E-state index is 11.5. The van der Waals surface area contributed by atoms with Crippen molar-refractivity contribution in [2.24, 2.45) is 5.41 Å². The van der Waals surface area contributed by atoms with Crippen LogP contribution in [0.5, 0.6) is 0 Å². The fourth-order valence-corrected chi connectivity index (χ4v) is 3.93. The maximum Gasteiger partial charge on any atom is 0.303 e. The van der Waals surface area contributed by atoms with Gasteiger partial charge < -0.3 is 20.4 Å². The standard InChI is InChI=1S/C22H26O7/c23-18(24)8-11-21(12-9-19(25)26,13-10-20(27)28)22(29)14-6-17(7-15-22)16-4-2-1-3-5-16/h1-7,14,29H,8-13,15H2,(H,23,24)(H,25,26)(H,27,28). The summed E-state index contributed by atoms with van der Waals surface area (Å²) < 4.78 is 0. The Kier molecular flexibility index (Phi) is 7.34. The highest BCUT2D eigenvalue weighted by Crippen LogP contribution is 2.49. The highest BCUT2D eigenvalue weighted by molar-refractivity contribution is 5.75. The fraction of sp³-hybridized carbons (Fsp3) is 0.409. The summed E-state index contributed by atoms with van der Waals surface area (Å²) in [5, 5.41) is 39.0. The molecule has 2 rings (SSSR count). The van der Waals surface area contributed by atoms with E-state index in [2.05, 4.69) is 0 Å². The minimum absolute atomic E-state index is 0.0156. The molecule has 0 aliphatic heterocycles. The van der Waals surface area contributed by atoms with Crippen LogP contribution in [-0.2, 0) is 14.4 Å². The molecule has 4 N–H and O–H groups in total. The molecule has 0 spiro atoms. The highest BCUT2D eigenvalue weighted by atomic mass is 16.4. The average molecular weight is 402 g/mol. The summed E-state index contributed by atoms with van der Waals surface area (Å²) in [6.45, 7) is 0. The van der Waals surface area contributed by atoms with Crippen LogP contribution in [0.15, 0.2) is 48.6 Å². The van der Waals surface area contributed by atoms with E-state index in [4.69, 9.17) is 15.3 Å². The van der Waals surface area contributed by atoms with Crippen LogP contribution in [0.3, 0.4) is 0 Å². The Morgan fingerprint density at radius 3 is 1.72 bits per heavy atom. The fourth-order valence-electron chi connectivity index (χ4n) is 3.93. The van der Waals surface area contributed by atoms with Crippen molar-refractivity contribution >= 4 is 23.5 Å². The van der Waals surface area contributed by atoms with Crippen LogP contribution in [0.4, 0.5) is 0 Å². The van der Waals surface area contributed by atoms with Crippen molar-refractivity contribution in [2.45, 2.75) is 50.5 Å². The predicted octanol–water partition coefficient (Wildman–Crippen LogP) is 3.34. The van der Waals surface area contributed by atoms with Crippen LogP contribution >= 0.6 is 0 Å². The van der Waals surface area contributed by atoms with Gasteiger partial charge in [-0.1, -0.05) is 48.6 Å². The molecule has 1 aliphatic carbocycles. The first-order chi connectivity index (χ1) is 13.7. The van der Waals surface area contributed by atoms with Crippen molar-refractivity contribution in [3.63, 3.8) is 0 Å². The van der Waals surface area contributed by atoms with Crippen molar-refractivity contribution in [3.8, 4) is 0 Å². The lowest BCUT2D eigenvalue weighted by molar-refractivity contribution is -0.142. The Morgan fingerprint density at radius 2 is 1.34 bits per heavy atom. The van der Waals surface area contributed by atoms with Gasteiger partial charge in [-0.15, -0.1) is 0 Å². The molecule has 0 saturated carbocycles. The minimum Gasteiger partial charge on any atom is -0.481 e. The zero-order valence-electron chi connectivity index (χ0n) is 16.1. The molecule has 1 aromatic rings. The summed E-state index contributed by atoms with van der Waals surface area (Å²) in [4.78, 5) is 33.6. The van der Waals surface area contributed by atoms with Crippen LogP contribution in [0, 0.1) is 5.41 Å². The number of carbonyl (C=O) groups is 3. The molecular formula is C22H26O7. The number of hydrogen-bond acceptors (Lipinski definition) is 4. The van der Waals surface area contributed by atoms with Crippen LogP contribution in [0.2, 0.25) is 0 Å². The van der Waals surface area contributed by atoms with Gasteiger partial charge in [-0.3, -0.25) is 14.4 Å². The van der Waals surface area contributed by atoms with Crippen LogP contribution < -0.4 is 0 Å². The number of carboxylic acid groups (broad SMARTS) is 3. The molecule has 0 fully saturated rings. The quantitative estimate of drug-likeness (QED) is 0.446. The van der Waals surface area contributed by atoms with E-state index in [0.717, 1.165) is 11.1 Å². The van der Waals surface area contributed by atoms with Gasteiger partial charge in [-0.05, 0) is 36.8 Å². The predicted molar refractivity (Wildman–Crippen MR) is 106 cm³/mol. The monoisotopic (exact) mass is 402 g/mol. The topological polar surface area (TPSA) is 132 Å². The van der Waals surface area contributed by atoms with Gasteiger partial charge >= 0.3 is 17.9 Å². The van der Waals surface area contributed by atoms with Gasteiger partial charge in [-0.2, -0.15) is 0 Å². The van der Waals surface area contributed by atoms with Gasteiger partial charge in [-0.25, -0.2) is 0 Å². The molecule has 0 heterocycles. The van der Waals surface area contributed by atoms with E-state index in [1.54, 1.807) is 12.2 Å². The van der Waals surface area contributed by atoms with Crippen LogP contribution in [0.1, 0.15) is 50.5 Å². The van der Waals surface area contributed by atoms with Crippen molar-refractivity contribution in [3.05, 3.63) is 54.1 Å². The Morgan fingerprint density at radius 1 is 0.862 bits per heavy atom. The third-order valence-corrected chi connectivity index (χ3v) is 5.65. The van der Waals surface area contributed by atoms with Gasteiger partial charge in [0.1, 0.15) is 0 Å². The molecule has 0 aromatic heterocycles. The molecule has 1 aliphatic rings. The number of rotatable bonds is 11. The van der Waals surface area contributed by atoms with Crippen molar-refractivity contribution in [1.29, 1.82) is 0 Å². The number of aliphatic hydroxyl groups is 1. The third-order valence-electron chi connectivity index (χ3n) is 5.65. The lowest BCUT2D eigenvalue weighted by atomic mass is 9.61. The number of carboxylic acids is 3. The normalized spacial score (nSPS) is 18.9. The first kappa shape index (κ1) is 22.4. The molecule has 29 heavy (non-hydrogen) atoms. The number of hydrogen-bond donors (Lipinski definition) is 4. The smallest absolute Gasteiger partial charge is 0.303 e.